The van der Waals surface area contributed by atoms with Crippen LogP contribution in [-0.4, -0.2) is 22.0 Å². The number of carbonyl (C=O) groups is 1. The predicted octanol–water partition coefficient (Wildman–Crippen LogP) is 3.41. The summed E-state index contributed by atoms with van der Waals surface area (Å²) in [4.78, 5) is 16.4. The summed E-state index contributed by atoms with van der Waals surface area (Å²) in [5.41, 5.74) is 2.74. The summed E-state index contributed by atoms with van der Waals surface area (Å²) in [6, 6.07) is 8.28. The minimum atomic E-state index is -0.238. The minimum absolute atomic E-state index is 0.0652. The van der Waals surface area contributed by atoms with Gasteiger partial charge in [0.15, 0.2) is 0 Å². The molecule has 124 valence electrons. The van der Waals surface area contributed by atoms with E-state index in [1.807, 2.05) is 23.9 Å². The summed E-state index contributed by atoms with van der Waals surface area (Å²) in [5, 5.41) is 6.62. The maximum atomic E-state index is 13.0. The van der Waals surface area contributed by atoms with Gasteiger partial charge in [-0.25, -0.2) is 9.37 Å². The van der Waals surface area contributed by atoms with Crippen LogP contribution in [0.3, 0.4) is 0 Å². The SMILES string of the molecule is Cc1cnc(CCNC(=O)c2ccsc2)n1Cc1ccc(F)cc1. The third-order valence-electron chi connectivity index (χ3n) is 3.81. The van der Waals surface area contributed by atoms with E-state index in [1.54, 1.807) is 18.2 Å². The number of imidazole rings is 1. The van der Waals surface area contributed by atoms with E-state index >= 15 is 0 Å². The monoisotopic (exact) mass is 343 g/mol. The van der Waals surface area contributed by atoms with Crippen LogP contribution in [0.15, 0.2) is 47.3 Å². The number of halogens is 1. The van der Waals surface area contributed by atoms with E-state index in [-0.39, 0.29) is 11.7 Å². The number of amides is 1. The number of thiophene rings is 1. The standard InChI is InChI=1S/C18H18FN3OS/c1-13-10-21-17(6-8-20-18(23)15-7-9-24-12-15)22(13)11-14-2-4-16(19)5-3-14/h2-5,7,9-10,12H,6,8,11H2,1H3,(H,20,23). The molecule has 0 atom stereocenters. The molecule has 6 heteroatoms. The van der Waals surface area contributed by atoms with E-state index < -0.39 is 0 Å². The number of hydrogen-bond acceptors (Lipinski definition) is 3. The molecule has 0 bridgehead atoms. The van der Waals surface area contributed by atoms with Crippen LogP contribution in [0.25, 0.3) is 0 Å². The molecule has 0 aliphatic heterocycles. The quantitative estimate of drug-likeness (QED) is 0.745. The first-order valence-corrected chi connectivity index (χ1v) is 8.63. The van der Waals surface area contributed by atoms with Gasteiger partial charge in [0.05, 0.1) is 0 Å². The van der Waals surface area contributed by atoms with Crippen molar-refractivity contribution < 1.29 is 9.18 Å². The summed E-state index contributed by atoms with van der Waals surface area (Å²) >= 11 is 1.50. The number of carbonyl (C=O) groups excluding carboxylic acids is 1. The second kappa shape index (κ2) is 7.40. The molecule has 0 aliphatic carbocycles. The van der Waals surface area contributed by atoms with Gasteiger partial charge in [-0.15, -0.1) is 0 Å². The van der Waals surface area contributed by atoms with Gasteiger partial charge in [-0.2, -0.15) is 11.3 Å². The lowest BCUT2D eigenvalue weighted by atomic mass is 10.2. The molecule has 3 aromatic rings. The molecule has 3 rings (SSSR count). The molecule has 0 aliphatic rings. The van der Waals surface area contributed by atoms with Crippen molar-refractivity contribution in [3.8, 4) is 0 Å². The van der Waals surface area contributed by atoms with Crippen LogP contribution in [0.4, 0.5) is 4.39 Å². The topological polar surface area (TPSA) is 46.9 Å². The number of benzene rings is 1. The van der Waals surface area contributed by atoms with Gasteiger partial charge >= 0.3 is 0 Å². The number of nitrogens with zero attached hydrogens (tertiary/aromatic N) is 2. The fraction of sp³-hybridized carbons (Fsp3) is 0.222. The summed E-state index contributed by atoms with van der Waals surface area (Å²) < 4.78 is 15.1. The maximum absolute atomic E-state index is 13.0. The molecule has 2 aromatic heterocycles. The Balaban J connectivity index is 1.62. The Bertz CT molecular complexity index is 809. The first kappa shape index (κ1) is 16.4. The highest BCUT2D eigenvalue weighted by atomic mass is 32.1. The maximum Gasteiger partial charge on any atom is 0.252 e. The minimum Gasteiger partial charge on any atom is -0.352 e. The average molecular weight is 343 g/mol. The molecule has 0 saturated heterocycles. The van der Waals surface area contributed by atoms with Crippen molar-refractivity contribution in [1.29, 1.82) is 0 Å². The van der Waals surface area contributed by atoms with Crippen molar-refractivity contribution >= 4 is 17.2 Å². The fourth-order valence-electron chi connectivity index (χ4n) is 2.48. The van der Waals surface area contributed by atoms with Crippen LogP contribution in [0.2, 0.25) is 0 Å². The molecule has 2 heterocycles. The highest BCUT2D eigenvalue weighted by Gasteiger charge is 2.09. The van der Waals surface area contributed by atoms with Crippen LogP contribution in [0, 0.1) is 12.7 Å². The van der Waals surface area contributed by atoms with Crippen molar-refractivity contribution in [3.05, 3.63) is 75.8 Å². The summed E-state index contributed by atoms with van der Waals surface area (Å²) in [6.07, 6.45) is 2.46. The summed E-state index contributed by atoms with van der Waals surface area (Å²) in [7, 11) is 0. The largest absolute Gasteiger partial charge is 0.352 e. The predicted molar refractivity (Wildman–Crippen MR) is 92.8 cm³/mol. The molecule has 0 fully saturated rings. The van der Waals surface area contributed by atoms with Gasteiger partial charge in [0.2, 0.25) is 0 Å². The zero-order valence-corrected chi connectivity index (χ0v) is 14.1. The zero-order chi connectivity index (χ0) is 16.9. The zero-order valence-electron chi connectivity index (χ0n) is 13.3. The van der Waals surface area contributed by atoms with E-state index in [2.05, 4.69) is 14.9 Å². The van der Waals surface area contributed by atoms with Crippen LogP contribution in [0.1, 0.15) is 27.4 Å². The third kappa shape index (κ3) is 3.89. The van der Waals surface area contributed by atoms with Crippen molar-refractivity contribution in [2.24, 2.45) is 0 Å². The van der Waals surface area contributed by atoms with E-state index in [4.69, 9.17) is 0 Å². The molecule has 4 nitrogen and oxygen atoms in total. The number of hydrogen-bond donors (Lipinski definition) is 1. The molecule has 1 N–H and O–H groups in total. The van der Waals surface area contributed by atoms with Crippen molar-refractivity contribution in [2.45, 2.75) is 19.9 Å². The molecular weight excluding hydrogens is 325 g/mol. The van der Waals surface area contributed by atoms with Crippen molar-refractivity contribution in [3.63, 3.8) is 0 Å². The molecule has 0 spiro atoms. The van der Waals surface area contributed by atoms with Gasteiger partial charge < -0.3 is 9.88 Å². The first-order valence-electron chi connectivity index (χ1n) is 7.69. The van der Waals surface area contributed by atoms with Crippen LogP contribution >= 0.6 is 11.3 Å². The number of nitrogens with one attached hydrogen (secondary N) is 1. The second-order valence-corrected chi connectivity index (χ2v) is 6.33. The third-order valence-corrected chi connectivity index (χ3v) is 4.49. The number of aryl methyl sites for hydroxylation is 1. The highest BCUT2D eigenvalue weighted by Crippen LogP contribution is 2.11. The molecule has 1 amide bonds. The molecular formula is C18H18FN3OS. The Kier molecular flexibility index (Phi) is 5.05. The van der Waals surface area contributed by atoms with E-state index in [9.17, 15) is 9.18 Å². The van der Waals surface area contributed by atoms with Gasteiger partial charge in [-0.1, -0.05) is 12.1 Å². The van der Waals surface area contributed by atoms with E-state index in [0.29, 0.717) is 25.1 Å². The molecule has 0 unspecified atom stereocenters. The first-order chi connectivity index (χ1) is 11.6. The van der Waals surface area contributed by atoms with Gasteiger partial charge in [-0.05, 0) is 36.1 Å². The van der Waals surface area contributed by atoms with Gasteiger partial charge in [0.1, 0.15) is 11.6 Å². The normalized spacial score (nSPS) is 10.8. The van der Waals surface area contributed by atoms with Gasteiger partial charge in [-0.3, -0.25) is 4.79 Å². The van der Waals surface area contributed by atoms with E-state index in [0.717, 1.165) is 17.1 Å². The lowest BCUT2D eigenvalue weighted by Crippen LogP contribution is -2.26. The lowest BCUT2D eigenvalue weighted by molar-refractivity contribution is 0.0954. The van der Waals surface area contributed by atoms with Crippen LogP contribution < -0.4 is 5.32 Å². The smallest absolute Gasteiger partial charge is 0.252 e. The average Bonchev–Trinajstić information content (AvgIpc) is 3.22. The number of rotatable bonds is 6. The number of aromatic nitrogens is 2. The second-order valence-electron chi connectivity index (χ2n) is 5.55. The van der Waals surface area contributed by atoms with Crippen LogP contribution in [0.5, 0.6) is 0 Å². The summed E-state index contributed by atoms with van der Waals surface area (Å²) in [6.45, 7) is 3.15. The van der Waals surface area contributed by atoms with Crippen molar-refractivity contribution in [2.75, 3.05) is 6.54 Å². The lowest BCUT2D eigenvalue weighted by Gasteiger charge is -2.11. The Morgan fingerprint density at radius 1 is 1.29 bits per heavy atom. The summed E-state index contributed by atoms with van der Waals surface area (Å²) in [5.74, 6) is 0.601. The molecule has 24 heavy (non-hydrogen) atoms. The Morgan fingerprint density at radius 2 is 2.08 bits per heavy atom. The Labute approximate surface area is 144 Å². The Morgan fingerprint density at radius 3 is 2.79 bits per heavy atom. The highest BCUT2D eigenvalue weighted by molar-refractivity contribution is 7.08. The van der Waals surface area contributed by atoms with Gasteiger partial charge in [0.25, 0.3) is 5.91 Å². The van der Waals surface area contributed by atoms with Crippen molar-refractivity contribution in [1.82, 2.24) is 14.9 Å². The van der Waals surface area contributed by atoms with Gasteiger partial charge in [0, 0.05) is 42.3 Å². The Hall–Kier alpha value is -2.47. The molecule has 0 saturated carbocycles. The van der Waals surface area contributed by atoms with E-state index in [1.165, 1.54) is 23.5 Å². The molecule has 0 radical (unpaired) electrons. The van der Waals surface area contributed by atoms with Crippen LogP contribution in [-0.2, 0) is 13.0 Å². The molecule has 1 aromatic carbocycles. The fourth-order valence-corrected chi connectivity index (χ4v) is 3.12.